The number of piperidine rings is 1. The van der Waals surface area contributed by atoms with Gasteiger partial charge in [-0.3, -0.25) is 4.79 Å². The molecule has 23 heavy (non-hydrogen) atoms. The Morgan fingerprint density at radius 1 is 1.43 bits per heavy atom. The van der Waals surface area contributed by atoms with Crippen molar-refractivity contribution in [3.8, 4) is 5.75 Å². The molecule has 1 aromatic rings. The monoisotopic (exact) mass is 404 g/mol. The van der Waals surface area contributed by atoms with Gasteiger partial charge in [0.2, 0.25) is 0 Å². The van der Waals surface area contributed by atoms with Gasteiger partial charge in [-0.1, -0.05) is 6.07 Å². The molecule has 6 heteroatoms. The van der Waals surface area contributed by atoms with Crippen LogP contribution in [0, 0.1) is 12.8 Å². The summed E-state index contributed by atoms with van der Waals surface area (Å²) in [5.74, 6) is 1.48. The Morgan fingerprint density at radius 3 is 2.65 bits per heavy atom. The first-order valence-corrected chi connectivity index (χ1v) is 8.66. The summed E-state index contributed by atoms with van der Waals surface area (Å²) in [6, 6.07) is 5.89. The summed E-state index contributed by atoms with van der Waals surface area (Å²) in [5, 5.41) is 3.21. The molecule has 0 aliphatic carbocycles. The average molecular weight is 406 g/mol. The van der Waals surface area contributed by atoms with E-state index in [1.165, 1.54) is 0 Å². The van der Waals surface area contributed by atoms with Crippen molar-refractivity contribution in [2.24, 2.45) is 5.92 Å². The van der Waals surface area contributed by atoms with Gasteiger partial charge in [-0.25, -0.2) is 0 Å². The van der Waals surface area contributed by atoms with E-state index in [1.54, 1.807) is 0 Å². The van der Waals surface area contributed by atoms with Gasteiger partial charge in [-0.15, -0.1) is 12.4 Å². The molecule has 1 aromatic carbocycles. The maximum Gasteiger partial charge on any atom is 0.263 e. The minimum absolute atomic E-state index is 0. The molecule has 1 aliphatic heterocycles. The highest BCUT2D eigenvalue weighted by Gasteiger charge is 2.27. The lowest BCUT2D eigenvalue weighted by Crippen LogP contribution is -2.45. The van der Waals surface area contributed by atoms with E-state index in [2.05, 4.69) is 21.2 Å². The van der Waals surface area contributed by atoms with Crippen molar-refractivity contribution in [1.29, 1.82) is 0 Å². The van der Waals surface area contributed by atoms with Crippen molar-refractivity contribution < 1.29 is 9.53 Å². The summed E-state index contributed by atoms with van der Waals surface area (Å²) in [6.07, 6.45) is 1.67. The Morgan fingerprint density at radius 2 is 2.09 bits per heavy atom. The van der Waals surface area contributed by atoms with Crippen molar-refractivity contribution in [2.45, 2.75) is 32.8 Å². The second kappa shape index (κ2) is 9.50. The molecule has 1 heterocycles. The lowest BCUT2D eigenvalue weighted by atomic mass is 9.96. The fourth-order valence-corrected chi connectivity index (χ4v) is 3.43. The summed E-state index contributed by atoms with van der Waals surface area (Å²) in [7, 11) is 1.98. The average Bonchev–Trinajstić information content (AvgIpc) is 2.50. The molecule has 2 rings (SSSR count). The van der Waals surface area contributed by atoms with E-state index in [0.717, 1.165) is 48.3 Å². The van der Waals surface area contributed by atoms with Crippen LogP contribution in [0.4, 0.5) is 0 Å². The van der Waals surface area contributed by atoms with Gasteiger partial charge in [-0.2, -0.15) is 0 Å². The first-order chi connectivity index (χ1) is 10.5. The van der Waals surface area contributed by atoms with Crippen LogP contribution in [0.1, 0.15) is 25.3 Å². The first kappa shape index (κ1) is 20.3. The Labute approximate surface area is 153 Å². The van der Waals surface area contributed by atoms with E-state index in [1.807, 2.05) is 44.0 Å². The molecule has 1 fully saturated rings. The molecule has 0 aromatic heterocycles. The standard InChI is InChI=1S/C17H25BrN2O2.ClH/c1-12-4-5-16(15(18)10-12)22-13(2)17(21)20-8-6-14(7-9-20)11-19-3;/h4-5,10,13-14,19H,6-9,11H2,1-3H3;1H. The molecule has 1 amide bonds. The molecular weight excluding hydrogens is 380 g/mol. The molecule has 1 saturated heterocycles. The number of amides is 1. The smallest absolute Gasteiger partial charge is 0.263 e. The van der Waals surface area contributed by atoms with E-state index < -0.39 is 6.10 Å². The lowest BCUT2D eigenvalue weighted by Gasteiger charge is -2.33. The van der Waals surface area contributed by atoms with Crippen LogP contribution in [-0.4, -0.2) is 43.6 Å². The summed E-state index contributed by atoms with van der Waals surface area (Å²) in [4.78, 5) is 14.4. The highest BCUT2D eigenvalue weighted by Crippen LogP contribution is 2.27. The van der Waals surface area contributed by atoms with Gasteiger partial charge in [0.05, 0.1) is 4.47 Å². The normalized spacial score (nSPS) is 16.6. The molecular formula is C17H26BrClN2O2. The van der Waals surface area contributed by atoms with Crippen LogP contribution >= 0.6 is 28.3 Å². The van der Waals surface area contributed by atoms with Gasteiger partial charge >= 0.3 is 0 Å². The van der Waals surface area contributed by atoms with Gasteiger partial charge in [0.15, 0.2) is 6.10 Å². The minimum atomic E-state index is -0.458. The van der Waals surface area contributed by atoms with Crippen LogP contribution in [-0.2, 0) is 4.79 Å². The molecule has 130 valence electrons. The van der Waals surface area contributed by atoms with Crippen molar-refractivity contribution in [1.82, 2.24) is 10.2 Å². The second-order valence-corrected chi connectivity index (χ2v) is 6.87. The molecule has 0 bridgehead atoms. The van der Waals surface area contributed by atoms with Crippen molar-refractivity contribution in [3.05, 3.63) is 28.2 Å². The number of carbonyl (C=O) groups is 1. The summed E-state index contributed by atoms with van der Waals surface area (Å²) in [5.41, 5.74) is 1.16. The second-order valence-electron chi connectivity index (χ2n) is 6.02. The van der Waals surface area contributed by atoms with E-state index >= 15 is 0 Å². The van der Waals surface area contributed by atoms with Crippen LogP contribution in [0.2, 0.25) is 0 Å². The number of hydrogen-bond donors (Lipinski definition) is 1. The van der Waals surface area contributed by atoms with Gasteiger partial charge in [0.1, 0.15) is 5.75 Å². The zero-order valence-corrected chi connectivity index (χ0v) is 16.4. The lowest BCUT2D eigenvalue weighted by molar-refractivity contribution is -0.139. The number of carbonyl (C=O) groups excluding carboxylic acids is 1. The van der Waals surface area contributed by atoms with E-state index in [-0.39, 0.29) is 18.3 Å². The number of benzene rings is 1. The first-order valence-electron chi connectivity index (χ1n) is 7.87. The molecule has 1 N–H and O–H groups in total. The van der Waals surface area contributed by atoms with E-state index in [0.29, 0.717) is 5.92 Å². The largest absolute Gasteiger partial charge is 0.480 e. The number of rotatable bonds is 5. The fourth-order valence-electron chi connectivity index (χ4n) is 2.85. The predicted octanol–water partition coefficient (Wildman–Crippen LogP) is 3.40. The fraction of sp³-hybridized carbons (Fsp3) is 0.588. The third kappa shape index (κ3) is 5.66. The van der Waals surface area contributed by atoms with Crippen molar-refractivity contribution in [3.63, 3.8) is 0 Å². The van der Waals surface area contributed by atoms with E-state index in [4.69, 9.17) is 4.74 Å². The van der Waals surface area contributed by atoms with Gasteiger partial charge in [-0.05, 0) is 79.8 Å². The highest BCUT2D eigenvalue weighted by molar-refractivity contribution is 9.10. The number of nitrogens with zero attached hydrogens (tertiary/aromatic N) is 1. The highest BCUT2D eigenvalue weighted by atomic mass is 79.9. The zero-order chi connectivity index (χ0) is 16.1. The van der Waals surface area contributed by atoms with Crippen LogP contribution in [0.5, 0.6) is 5.75 Å². The maximum absolute atomic E-state index is 12.5. The molecule has 4 nitrogen and oxygen atoms in total. The summed E-state index contributed by atoms with van der Waals surface area (Å²) >= 11 is 3.49. The SMILES string of the molecule is CNCC1CCN(C(=O)C(C)Oc2ccc(C)cc2Br)CC1.Cl. The number of hydrogen-bond acceptors (Lipinski definition) is 3. The third-order valence-electron chi connectivity index (χ3n) is 4.16. The Kier molecular flexibility index (Phi) is 8.37. The Bertz CT molecular complexity index is 519. The number of likely N-dealkylation sites (tertiary alicyclic amines) is 1. The van der Waals surface area contributed by atoms with Gasteiger partial charge in [0.25, 0.3) is 5.91 Å². The quantitative estimate of drug-likeness (QED) is 0.816. The maximum atomic E-state index is 12.5. The Balaban J connectivity index is 0.00000264. The zero-order valence-electron chi connectivity index (χ0n) is 14.0. The molecule has 1 unspecified atom stereocenters. The minimum Gasteiger partial charge on any atom is -0.480 e. The van der Waals surface area contributed by atoms with Gasteiger partial charge in [0, 0.05) is 13.1 Å². The number of ether oxygens (including phenoxy) is 1. The summed E-state index contributed by atoms with van der Waals surface area (Å²) < 4.78 is 6.73. The van der Waals surface area contributed by atoms with Crippen molar-refractivity contribution in [2.75, 3.05) is 26.7 Å². The van der Waals surface area contributed by atoms with Crippen LogP contribution < -0.4 is 10.1 Å². The molecule has 1 atom stereocenters. The summed E-state index contributed by atoms with van der Waals surface area (Å²) in [6.45, 7) is 6.54. The number of aryl methyl sites for hydroxylation is 1. The van der Waals surface area contributed by atoms with Gasteiger partial charge < -0.3 is 15.0 Å². The molecule has 0 spiro atoms. The number of nitrogens with one attached hydrogen (secondary N) is 1. The van der Waals surface area contributed by atoms with Crippen LogP contribution in [0.15, 0.2) is 22.7 Å². The predicted molar refractivity (Wildman–Crippen MR) is 99.4 cm³/mol. The third-order valence-corrected chi connectivity index (χ3v) is 4.78. The van der Waals surface area contributed by atoms with Crippen molar-refractivity contribution >= 4 is 34.2 Å². The molecule has 1 aliphatic rings. The van der Waals surface area contributed by atoms with Crippen LogP contribution in [0.25, 0.3) is 0 Å². The topological polar surface area (TPSA) is 41.6 Å². The van der Waals surface area contributed by atoms with E-state index in [9.17, 15) is 4.79 Å². The molecule has 0 radical (unpaired) electrons. The molecule has 0 saturated carbocycles. The number of halogens is 2. The Hall–Kier alpha value is -0.780. The van der Waals surface area contributed by atoms with Crippen LogP contribution in [0.3, 0.4) is 0 Å².